The van der Waals surface area contributed by atoms with Gasteiger partial charge in [-0.2, -0.15) is 13.2 Å². The van der Waals surface area contributed by atoms with Gasteiger partial charge in [0, 0.05) is 36.3 Å². The number of carbonyl (C=O) groups excluding carboxylic acids is 3. The Hall–Kier alpha value is -5.58. The number of likely N-dealkylation sites (N-methyl/N-ethyl adjacent to an activating group) is 1. The first-order chi connectivity index (χ1) is 22.0. The molecule has 2 N–H and O–H groups in total. The van der Waals surface area contributed by atoms with Crippen molar-refractivity contribution in [2.45, 2.75) is 25.6 Å². The minimum atomic E-state index is -4.46. The summed E-state index contributed by atoms with van der Waals surface area (Å²) in [4.78, 5) is 50.1. The molecule has 2 heterocycles. The second-order valence-electron chi connectivity index (χ2n) is 10.6. The molecule has 5 rings (SSSR count). The molecule has 46 heavy (non-hydrogen) atoms. The molecule has 234 valence electrons. The Labute approximate surface area is 263 Å². The number of alkyl halides is 3. The Balaban J connectivity index is 1.33. The molecule has 8 nitrogen and oxygen atoms in total. The van der Waals surface area contributed by atoms with Gasteiger partial charge in [0.1, 0.15) is 5.82 Å². The van der Waals surface area contributed by atoms with Crippen molar-refractivity contribution in [1.82, 2.24) is 20.2 Å². The van der Waals surface area contributed by atoms with Crippen LogP contribution in [0.4, 0.5) is 19.0 Å². The van der Waals surface area contributed by atoms with E-state index in [1.165, 1.54) is 12.1 Å². The van der Waals surface area contributed by atoms with E-state index in [1.807, 2.05) is 6.92 Å². The van der Waals surface area contributed by atoms with Gasteiger partial charge in [-0.1, -0.05) is 43.3 Å². The molecule has 11 heteroatoms. The number of anilines is 1. The predicted molar refractivity (Wildman–Crippen MR) is 169 cm³/mol. The SMILES string of the molecule is CCCN(C)C(=O)[C@@H](NC(=O)c1ccc2nc(NC(=O)c3ccccc3-c3ccc(C(F)(F)F)cc3)ccc2c1)c1ccccn1. The lowest BCUT2D eigenvalue weighted by Crippen LogP contribution is -2.42. The first-order valence-corrected chi connectivity index (χ1v) is 14.5. The highest BCUT2D eigenvalue weighted by Crippen LogP contribution is 2.32. The second-order valence-corrected chi connectivity index (χ2v) is 10.6. The number of fused-ring (bicyclic) bond motifs is 1. The summed E-state index contributed by atoms with van der Waals surface area (Å²) in [7, 11) is 1.68. The fourth-order valence-corrected chi connectivity index (χ4v) is 4.98. The van der Waals surface area contributed by atoms with Crippen LogP contribution in [0.15, 0.2) is 103 Å². The van der Waals surface area contributed by atoms with Crippen LogP contribution in [0.25, 0.3) is 22.0 Å². The average molecular weight is 626 g/mol. The number of aromatic nitrogens is 2. The molecule has 0 fully saturated rings. The summed E-state index contributed by atoms with van der Waals surface area (Å²) >= 11 is 0. The second kappa shape index (κ2) is 13.6. The number of benzene rings is 3. The molecule has 0 aliphatic rings. The highest BCUT2D eigenvalue weighted by molar-refractivity contribution is 6.08. The number of nitrogens with zero attached hydrogens (tertiary/aromatic N) is 3. The average Bonchev–Trinajstić information content (AvgIpc) is 3.06. The molecule has 0 radical (unpaired) electrons. The molecule has 0 spiro atoms. The molecule has 5 aromatic rings. The summed E-state index contributed by atoms with van der Waals surface area (Å²) in [5.41, 5.74) is 1.65. The zero-order chi connectivity index (χ0) is 32.8. The Morgan fingerprint density at radius 3 is 2.30 bits per heavy atom. The fraction of sp³-hybridized carbons (Fsp3) is 0.171. The lowest BCUT2D eigenvalue weighted by atomic mass is 9.98. The van der Waals surface area contributed by atoms with Crippen molar-refractivity contribution in [3.8, 4) is 11.1 Å². The first kappa shape index (κ1) is 31.8. The van der Waals surface area contributed by atoms with Crippen molar-refractivity contribution in [2.75, 3.05) is 18.9 Å². The van der Waals surface area contributed by atoms with Gasteiger partial charge in [-0.15, -0.1) is 0 Å². The summed E-state index contributed by atoms with van der Waals surface area (Å²) in [5.74, 6) is -0.988. The molecular formula is C35H30F3N5O3. The number of hydrogen-bond acceptors (Lipinski definition) is 5. The van der Waals surface area contributed by atoms with E-state index < -0.39 is 29.6 Å². The third-order valence-corrected chi connectivity index (χ3v) is 7.33. The van der Waals surface area contributed by atoms with Gasteiger partial charge >= 0.3 is 6.18 Å². The summed E-state index contributed by atoms with van der Waals surface area (Å²) in [6, 6.07) is 23.5. The van der Waals surface area contributed by atoms with E-state index in [4.69, 9.17) is 0 Å². The van der Waals surface area contributed by atoms with E-state index in [1.54, 1.807) is 90.9 Å². The van der Waals surface area contributed by atoms with Crippen molar-refractivity contribution >= 4 is 34.4 Å². The van der Waals surface area contributed by atoms with Gasteiger partial charge in [0.05, 0.1) is 16.8 Å². The van der Waals surface area contributed by atoms with E-state index in [-0.39, 0.29) is 17.3 Å². The van der Waals surface area contributed by atoms with Crippen molar-refractivity contribution < 1.29 is 27.6 Å². The van der Waals surface area contributed by atoms with Crippen LogP contribution in [0, 0.1) is 0 Å². The zero-order valence-corrected chi connectivity index (χ0v) is 25.0. The van der Waals surface area contributed by atoms with Gasteiger partial charge in [0.2, 0.25) is 0 Å². The first-order valence-electron chi connectivity index (χ1n) is 14.5. The Kier molecular flexibility index (Phi) is 9.41. The molecule has 3 aromatic carbocycles. The van der Waals surface area contributed by atoms with Gasteiger partial charge in [0.15, 0.2) is 6.04 Å². The molecule has 1 atom stereocenters. The van der Waals surface area contributed by atoms with Crippen LogP contribution < -0.4 is 10.6 Å². The molecule has 0 unspecified atom stereocenters. The van der Waals surface area contributed by atoms with Gasteiger partial charge in [0.25, 0.3) is 17.7 Å². The summed E-state index contributed by atoms with van der Waals surface area (Å²) in [5, 5.41) is 6.19. The number of hydrogen-bond donors (Lipinski definition) is 2. The molecular weight excluding hydrogens is 595 g/mol. The van der Waals surface area contributed by atoms with Crippen LogP contribution in [-0.4, -0.2) is 46.2 Å². The minimum Gasteiger partial charge on any atom is -0.344 e. The molecule has 3 amide bonds. The topological polar surface area (TPSA) is 104 Å². The Bertz CT molecular complexity index is 1880. The largest absolute Gasteiger partial charge is 0.416 e. The molecule has 2 aromatic heterocycles. The van der Waals surface area contributed by atoms with E-state index in [2.05, 4.69) is 20.6 Å². The van der Waals surface area contributed by atoms with Gasteiger partial charge in [-0.3, -0.25) is 19.4 Å². The summed E-state index contributed by atoms with van der Waals surface area (Å²) in [6.45, 7) is 2.49. The third kappa shape index (κ3) is 7.20. The number of halogens is 3. The Morgan fingerprint density at radius 2 is 1.61 bits per heavy atom. The highest BCUT2D eigenvalue weighted by Gasteiger charge is 2.30. The van der Waals surface area contributed by atoms with Crippen LogP contribution in [0.5, 0.6) is 0 Å². The van der Waals surface area contributed by atoms with Gasteiger partial charge in [-0.25, -0.2) is 4.98 Å². The fourth-order valence-electron chi connectivity index (χ4n) is 4.98. The number of pyridine rings is 2. The maximum absolute atomic E-state index is 13.3. The lowest BCUT2D eigenvalue weighted by molar-refractivity contribution is -0.137. The highest BCUT2D eigenvalue weighted by atomic mass is 19.4. The van der Waals surface area contributed by atoms with E-state index in [9.17, 15) is 27.6 Å². The number of nitrogens with one attached hydrogen (secondary N) is 2. The molecule has 0 bridgehead atoms. The van der Waals surface area contributed by atoms with Crippen LogP contribution in [-0.2, 0) is 11.0 Å². The number of rotatable bonds is 9. The normalized spacial score (nSPS) is 11.9. The summed E-state index contributed by atoms with van der Waals surface area (Å²) < 4.78 is 39.1. The van der Waals surface area contributed by atoms with Gasteiger partial charge in [-0.05, 0) is 78.2 Å². The van der Waals surface area contributed by atoms with E-state index in [0.717, 1.165) is 18.6 Å². The van der Waals surface area contributed by atoms with E-state index >= 15 is 0 Å². The Morgan fingerprint density at radius 1 is 0.870 bits per heavy atom. The van der Waals surface area contributed by atoms with Crippen molar-refractivity contribution in [2.24, 2.45) is 0 Å². The van der Waals surface area contributed by atoms with Crippen LogP contribution in [0.3, 0.4) is 0 Å². The maximum Gasteiger partial charge on any atom is 0.416 e. The molecule has 0 saturated heterocycles. The monoisotopic (exact) mass is 625 g/mol. The predicted octanol–water partition coefficient (Wildman–Crippen LogP) is 6.91. The minimum absolute atomic E-state index is 0.247. The zero-order valence-electron chi connectivity index (χ0n) is 25.0. The van der Waals surface area contributed by atoms with E-state index in [0.29, 0.717) is 39.8 Å². The standard InChI is InChI=1S/C35H30F3N5O3/c1-3-20-43(2)34(46)31(29-10-6-7-19-39-29)42-32(44)24-13-17-28-23(21-24)14-18-30(40-28)41-33(45)27-9-5-4-8-26(27)22-11-15-25(16-12-22)35(36,37)38/h4-19,21,31H,3,20H2,1-2H3,(H,42,44)(H,40,41,45)/t31-/m0/s1. The number of carbonyl (C=O) groups is 3. The number of amides is 3. The van der Waals surface area contributed by atoms with Crippen LogP contribution in [0.2, 0.25) is 0 Å². The van der Waals surface area contributed by atoms with Crippen LogP contribution >= 0.6 is 0 Å². The maximum atomic E-state index is 13.3. The van der Waals surface area contributed by atoms with Crippen LogP contribution in [0.1, 0.15) is 51.4 Å². The van der Waals surface area contributed by atoms with Crippen molar-refractivity contribution in [1.29, 1.82) is 0 Å². The quantitative estimate of drug-likeness (QED) is 0.185. The lowest BCUT2D eigenvalue weighted by Gasteiger charge is -2.24. The van der Waals surface area contributed by atoms with Crippen molar-refractivity contribution in [3.05, 3.63) is 126 Å². The molecule has 0 aliphatic carbocycles. The molecule has 0 aliphatic heterocycles. The van der Waals surface area contributed by atoms with Gasteiger partial charge < -0.3 is 15.5 Å². The third-order valence-electron chi connectivity index (χ3n) is 7.33. The van der Waals surface area contributed by atoms with Crippen molar-refractivity contribution in [3.63, 3.8) is 0 Å². The molecule has 0 saturated carbocycles. The summed E-state index contributed by atoms with van der Waals surface area (Å²) in [6.07, 6.45) is -2.14. The smallest absolute Gasteiger partial charge is 0.344 e.